The molecule has 0 spiro atoms. The topological polar surface area (TPSA) is 77.7 Å². The SMILES string of the molecule is CCCCCCCCN(Cc1ncc[nH]1)C(=O)c1nc2ccccc2[nH]1. The molecule has 0 atom stereocenters. The number of hydrogen-bond donors (Lipinski definition) is 2. The molecule has 2 aromatic heterocycles. The summed E-state index contributed by atoms with van der Waals surface area (Å²) in [6.45, 7) is 3.40. The highest BCUT2D eigenvalue weighted by molar-refractivity contribution is 5.94. The Kier molecular flexibility index (Phi) is 6.41. The predicted molar refractivity (Wildman–Crippen MR) is 103 cm³/mol. The zero-order chi connectivity index (χ0) is 18.2. The van der Waals surface area contributed by atoms with Gasteiger partial charge in [0.15, 0.2) is 5.82 Å². The van der Waals surface area contributed by atoms with Gasteiger partial charge in [-0.2, -0.15) is 0 Å². The second-order valence-electron chi connectivity index (χ2n) is 6.63. The average molecular weight is 353 g/mol. The van der Waals surface area contributed by atoms with E-state index in [2.05, 4.69) is 26.9 Å². The van der Waals surface area contributed by atoms with Gasteiger partial charge in [0, 0.05) is 18.9 Å². The molecular formula is C20H27N5O. The lowest BCUT2D eigenvalue weighted by molar-refractivity contribution is 0.0725. The van der Waals surface area contributed by atoms with Crippen LogP contribution in [0.3, 0.4) is 0 Å². The molecule has 6 heteroatoms. The van der Waals surface area contributed by atoms with Crippen LogP contribution in [0.15, 0.2) is 36.7 Å². The Morgan fingerprint density at radius 3 is 2.69 bits per heavy atom. The predicted octanol–water partition coefficient (Wildman–Crippen LogP) is 4.29. The first kappa shape index (κ1) is 18.2. The maximum Gasteiger partial charge on any atom is 0.290 e. The zero-order valence-corrected chi connectivity index (χ0v) is 15.4. The number of aromatic amines is 2. The maximum atomic E-state index is 13.0. The van der Waals surface area contributed by atoms with Crippen molar-refractivity contribution in [2.45, 2.75) is 52.0 Å². The monoisotopic (exact) mass is 353 g/mol. The maximum absolute atomic E-state index is 13.0. The summed E-state index contributed by atoms with van der Waals surface area (Å²) in [7, 11) is 0. The van der Waals surface area contributed by atoms with Gasteiger partial charge in [0.1, 0.15) is 5.82 Å². The van der Waals surface area contributed by atoms with E-state index in [1.54, 1.807) is 12.4 Å². The summed E-state index contributed by atoms with van der Waals surface area (Å²) in [6.07, 6.45) is 10.7. The number of imidazole rings is 2. The van der Waals surface area contributed by atoms with Gasteiger partial charge in [-0.05, 0) is 18.6 Å². The molecule has 0 saturated carbocycles. The van der Waals surface area contributed by atoms with Crippen LogP contribution >= 0.6 is 0 Å². The molecule has 2 N–H and O–H groups in total. The van der Waals surface area contributed by atoms with Crippen molar-refractivity contribution in [3.63, 3.8) is 0 Å². The minimum atomic E-state index is -0.0776. The number of fused-ring (bicyclic) bond motifs is 1. The van der Waals surface area contributed by atoms with E-state index in [-0.39, 0.29) is 5.91 Å². The fourth-order valence-electron chi connectivity index (χ4n) is 3.10. The molecule has 138 valence electrons. The lowest BCUT2D eigenvalue weighted by atomic mass is 10.1. The number of para-hydroxylation sites is 2. The molecule has 0 fully saturated rings. The molecule has 1 aromatic carbocycles. The van der Waals surface area contributed by atoms with E-state index in [0.717, 1.165) is 29.7 Å². The first-order chi connectivity index (χ1) is 12.8. The number of benzene rings is 1. The number of carbonyl (C=O) groups excluding carboxylic acids is 1. The molecule has 0 bridgehead atoms. The second-order valence-corrected chi connectivity index (χ2v) is 6.63. The minimum Gasteiger partial charge on any atom is -0.347 e. The largest absolute Gasteiger partial charge is 0.347 e. The zero-order valence-electron chi connectivity index (χ0n) is 15.4. The lowest BCUT2D eigenvalue weighted by Gasteiger charge is -2.20. The third kappa shape index (κ3) is 4.71. The summed E-state index contributed by atoms with van der Waals surface area (Å²) >= 11 is 0. The summed E-state index contributed by atoms with van der Waals surface area (Å²) in [5.74, 6) is 1.11. The van der Waals surface area contributed by atoms with Gasteiger partial charge >= 0.3 is 0 Å². The van der Waals surface area contributed by atoms with E-state index < -0.39 is 0 Å². The van der Waals surface area contributed by atoms with Crippen LogP contribution in [0.5, 0.6) is 0 Å². The molecule has 26 heavy (non-hydrogen) atoms. The Morgan fingerprint density at radius 2 is 1.92 bits per heavy atom. The highest BCUT2D eigenvalue weighted by Crippen LogP contribution is 2.14. The van der Waals surface area contributed by atoms with Crippen molar-refractivity contribution in [1.82, 2.24) is 24.8 Å². The van der Waals surface area contributed by atoms with Gasteiger partial charge in [0.2, 0.25) is 0 Å². The fraction of sp³-hybridized carbons (Fsp3) is 0.450. The van der Waals surface area contributed by atoms with Crippen molar-refractivity contribution in [3.8, 4) is 0 Å². The second kappa shape index (κ2) is 9.17. The average Bonchev–Trinajstić information content (AvgIpc) is 3.32. The number of aromatic nitrogens is 4. The minimum absolute atomic E-state index is 0.0776. The molecule has 0 aliphatic carbocycles. The molecule has 3 rings (SSSR count). The summed E-state index contributed by atoms with van der Waals surface area (Å²) in [5.41, 5.74) is 1.70. The van der Waals surface area contributed by atoms with Crippen molar-refractivity contribution in [3.05, 3.63) is 48.3 Å². The van der Waals surface area contributed by atoms with Crippen molar-refractivity contribution in [2.24, 2.45) is 0 Å². The van der Waals surface area contributed by atoms with Gasteiger partial charge in [-0.25, -0.2) is 9.97 Å². The standard InChI is InChI=1S/C20H27N5O/c1-2-3-4-5-6-9-14-25(15-18-21-12-13-22-18)20(26)19-23-16-10-7-8-11-17(16)24-19/h7-8,10-13H,2-6,9,14-15H2,1H3,(H,21,22)(H,23,24). The molecule has 2 heterocycles. The Labute approximate surface area is 154 Å². The number of nitrogens with zero attached hydrogens (tertiary/aromatic N) is 3. The van der Waals surface area contributed by atoms with Crippen molar-refractivity contribution in [1.29, 1.82) is 0 Å². The number of nitrogens with one attached hydrogen (secondary N) is 2. The Hall–Kier alpha value is -2.63. The van der Waals surface area contributed by atoms with E-state index in [1.165, 1.54) is 25.7 Å². The molecule has 1 amide bonds. The third-order valence-corrected chi connectivity index (χ3v) is 4.56. The molecule has 0 radical (unpaired) electrons. The molecule has 0 unspecified atom stereocenters. The molecular weight excluding hydrogens is 326 g/mol. The highest BCUT2D eigenvalue weighted by atomic mass is 16.2. The van der Waals surface area contributed by atoms with Crippen molar-refractivity contribution < 1.29 is 4.79 Å². The van der Waals surface area contributed by atoms with Gasteiger partial charge in [-0.3, -0.25) is 4.79 Å². The van der Waals surface area contributed by atoms with E-state index in [4.69, 9.17) is 0 Å². The fourth-order valence-corrected chi connectivity index (χ4v) is 3.10. The van der Waals surface area contributed by atoms with Crippen LogP contribution in [0, 0.1) is 0 Å². The summed E-state index contributed by atoms with van der Waals surface area (Å²) in [6, 6.07) is 7.71. The van der Waals surface area contributed by atoms with Crippen LogP contribution in [-0.4, -0.2) is 37.3 Å². The molecule has 0 aliphatic rings. The summed E-state index contributed by atoms with van der Waals surface area (Å²) < 4.78 is 0. The van der Waals surface area contributed by atoms with Gasteiger partial charge in [0.25, 0.3) is 5.91 Å². The van der Waals surface area contributed by atoms with E-state index in [9.17, 15) is 4.79 Å². The first-order valence-corrected chi connectivity index (χ1v) is 9.50. The summed E-state index contributed by atoms with van der Waals surface area (Å²) in [4.78, 5) is 29.8. The lowest BCUT2D eigenvalue weighted by Crippen LogP contribution is -2.32. The van der Waals surface area contributed by atoms with E-state index in [0.29, 0.717) is 18.9 Å². The quantitative estimate of drug-likeness (QED) is 0.534. The first-order valence-electron chi connectivity index (χ1n) is 9.50. The van der Waals surface area contributed by atoms with Gasteiger partial charge in [0.05, 0.1) is 17.6 Å². The Bertz CT molecular complexity index is 776. The number of rotatable bonds is 10. The van der Waals surface area contributed by atoms with Crippen LogP contribution in [0.1, 0.15) is 61.9 Å². The van der Waals surface area contributed by atoms with Gasteiger partial charge in [-0.15, -0.1) is 0 Å². The van der Waals surface area contributed by atoms with Gasteiger partial charge in [-0.1, -0.05) is 51.2 Å². The van der Waals surface area contributed by atoms with Crippen molar-refractivity contribution >= 4 is 16.9 Å². The Balaban J connectivity index is 1.66. The van der Waals surface area contributed by atoms with Crippen LogP contribution in [0.2, 0.25) is 0 Å². The molecule has 0 saturated heterocycles. The summed E-state index contributed by atoms with van der Waals surface area (Å²) in [5, 5.41) is 0. The number of amides is 1. The number of unbranched alkanes of at least 4 members (excludes halogenated alkanes) is 5. The van der Waals surface area contributed by atoms with E-state index in [1.807, 2.05) is 29.2 Å². The van der Waals surface area contributed by atoms with Crippen LogP contribution in [-0.2, 0) is 6.54 Å². The van der Waals surface area contributed by atoms with Crippen LogP contribution < -0.4 is 0 Å². The smallest absolute Gasteiger partial charge is 0.290 e. The Morgan fingerprint density at radius 1 is 1.12 bits per heavy atom. The molecule has 3 aromatic rings. The van der Waals surface area contributed by atoms with Crippen molar-refractivity contribution in [2.75, 3.05) is 6.54 Å². The molecule has 0 aliphatic heterocycles. The number of hydrogen-bond acceptors (Lipinski definition) is 3. The van der Waals surface area contributed by atoms with Crippen LogP contribution in [0.4, 0.5) is 0 Å². The van der Waals surface area contributed by atoms with Crippen LogP contribution in [0.25, 0.3) is 11.0 Å². The number of carbonyl (C=O) groups is 1. The highest BCUT2D eigenvalue weighted by Gasteiger charge is 2.20. The van der Waals surface area contributed by atoms with E-state index >= 15 is 0 Å². The number of H-pyrrole nitrogens is 2. The third-order valence-electron chi connectivity index (χ3n) is 4.56. The van der Waals surface area contributed by atoms with Gasteiger partial charge < -0.3 is 14.9 Å². The normalized spacial score (nSPS) is 11.1. The molecule has 6 nitrogen and oxygen atoms in total.